The number of likely N-dealkylation sites (tertiary alicyclic amines) is 1. The third-order valence-corrected chi connectivity index (χ3v) is 3.90. The maximum atomic E-state index is 11.2. The molecule has 1 unspecified atom stereocenters. The van der Waals surface area contributed by atoms with Crippen LogP contribution in [0.25, 0.3) is 10.8 Å². The summed E-state index contributed by atoms with van der Waals surface area (Å²) in [5.41, 5.74) is 1.21. The number of carbonyl (C=O) groups is 1. The molecule has 0 aromatic heterocycles. The molecule has 0 bridgehead atoms. The van der Waals surface area contributed by atoms with E-state index in [1.165, 1.54) is 16.3 Å². The average Bonchev–Trinajstić information content (AvgIpc) is 2.87. The maximum Gasteiger partial charge on any atom is 0.320 e. The topological polar surface area (TPSA) is 40.5 Å². The van der Waals surface area contributed by atoms with Gasteiger partial charge < -0.3 is 5.11 Å². The third kappa shape index (κ3) is 2.79. The van der Waals surface area contributed by atoms with Gasteiger partial charge in [0.2, 0.25) is 0 Å². The Bertz CT molecular complexity index is 609. The molecule has 2 aromatic rings. The zero-order chi connectivity index (χ0) is 13.2. The summed E-state index contributed by atoms with van der Waals surface area (Å²) >= 11 is 0. The molecular formula is C16H18ClNO2. The summed E-state index contributed by atoms with van der Waals surface area (Å²) in [5.74, 6) is -0.697. The van der Waals surface area contributed by atoms with Crippen LogP contribution in [0.3, 0.4) is 0 Å². The highest BCUT2D eigenvalue weighted by Gasteiger charge is 2.30. The van der Waals surface area contributed by atoms with E-state index in [4.69, 9.17) is 0 Å². The first-order chi connectivity index (χ1) is 9.25. The number of rotatable bonds is 3. The molecule has 1 heterocycles. The molecule has 3 rings (SSSR count). The van der Waals surface area contributed by atoms with Crippen LogP contribution in [0.4, 0.5) is 0 Å². The largest absolute Gasteiger partial charge is 0.480 e. The van der Waals surface area contributed by atoms with E-state index in [1.54, 1.807) is 0 Å². The molecule has 1 aliphatic rings. The van der Waals surface area contributed by atoms with Crippen molar-refractivity contribution in [2.24, 2.45) is 0 Å². The molecule has 0 aliphatic carbocycles. The Morgan fingerprint density at radius 3 is 2.75 bits per heavy atom. The Kier molecular flexibility index (Phi) is 4.63. The van der Waals surface area contributed by atoms with Crippen molar-refractivity contribution in [1.29, 1.82) is 0 Å². The number of hydrogen-bond donors (Lipinski definition) is 1. The van der Waals surface area contributed by atoms with Crippen LogP contribution in [-0.2, 0) is 11.3 Å². The van der Waals surface area contributed by atoms with Crippen molar-refractivity contribution >= 4 is 29.1 Å². The van der Waals surface area contributed by atoms with Crippen molar-refractivity contribution in [2.75, 3.05) is 6.54 Å². The lowest BCUT2D eigenvalue weighted by atomic mass is 10.0. The van der Waals surface area contributed by atoms with Crippen molar-refractivity contribution in [3.8, 4) is 0 Å². The molecule has 0 saturated carbocycles. The maximum absolute atomic E-state index is 11.2. The van der Waals surface area contributed by atoms with Crippen molar-refractivity contribution in [2.45, 2.75) is 25.4 Å². The Morgan fingerprint density at radius 2 is 1.95 bits per heavy atom. The summed E-state index contributed by atoms with van der Waals surface area (Å²) in [6.07, 6.45) is 1.74. The molecule has 1 fully saturated rings. The van der Waals surface area contributed by atoms with Gasteiger partial charge in [-0.05, 0) is 35.7 Å². The van der Waals surface area contributed by atoms with Gasteiger partial charge in [-0.25, -0.2) is 0 Å². The second-order valence-corrected chi connectivity index (χ2v) is 5.11. The van der Waals surface area contributed by atoms with Crippen molar-refractivity contribution in [1.82, 2.24) is 4.90 Å². The summed E-state index contributed by atoms with van der Waals surface area (Å²) in [6, 6.07) is 14.2. The zero-order valence-corrected chi connectivity index (χ0v) is 12.0. The van der Waals surface area contributed by atoms with E-state index in [0.29, 0.717) is 0 Å². The number of benzene rings is 2. The molecule has 1 saturated heterocycles. The minimum absolute atomic E-state index is 0. The minimum atomic E-state index is -0.697. The summed E-state index contributed by atoms with van der Waals surface area (Å²) in [6.45, 7) is 1.60. The summed E-state index contributed by atoms with van der Waals surface area (Å²) in [5, 5.41) is 11.7. The van der Waals surface area contributed by atoms with Gasteiger partial charge >= 0.3 is 5.97 Å². The first-order valence-corrected chi connectivity index (χ1v) is 6.69. The molecule has 106 valence electrons. The summed E-state index contributed by atoms with van der Waals surface area (Å²) < 4.78 is 0. The van der Waals surface area contributed by atoms with E-state index in [1.807, 2.05) is 18.2 Å². The molecule has 0 radical (unpaired) electrons. The van der Waals surface area contributed by atoms with Gasteiger partial charge in [0.15, 0.2) is 0 Å². The standard InChI is InChI=1S/C16H17NO2.ClH/c18-16(19)15-9-4-10-17(15)11-13-7-3-6-12-5-1-2-8-14(12)13;/h1-3,5-8,15H,4,9-11H2,(H,18,19);1H. The molecule has 2 aromatic carbocycles. The number of hydrogen-bond acceptors (Lipinski definition) is 2. The van der Waals surface area contributed by atoms with Crippen LogP contribution in [-0.4, -0.2) is 28.6 Å². The van der Waals surface area contributed by atoms with E-state index in [0.717, 1.165) is 25.9 Å². The zero-order valence-electron chi connectivity index (χ0n) is 11.2. The van der Waals surface area contributed by atoms with Crippen molar-refractivity contribution in [3.05, 3.63) is 48.0 Å². The van der Waals surface area contributed by atoms with E-state index < -0.39 is 5.97 Å². The smallest absolute Gasteiger partial charge is 0.320 e. The van der Waals surface area contributed by atoms with Gasteiger partial charge in [0.25, 0.3) is 0 Å². The quantitative estimate of drug-likeness (QED) is 0.943. The molecule has 1 atom stereocenters. The molecule has 0 amide bonds. The number of carboxylic acids is 1. The fourth-order valence-corrected chi connectivity index (χ4v) is 2.94. The molecular weight excluding hydrogens is 274 g/mol. The van der Waals surface area contributed by atoms with E-state index >= 15 is 0 Å². The van der Waals surface area contributed by atoms with Crippen LogP contribution in [0, 0.1) is 0 Å². The van der Waals surface area contributed by atoms with Crippen molar-refractivity contribution in [3.63, 3.8) is 0 Å². The van der Waals surface area contributed by atoms with Crippen LogP contribution in [0.15, 0.2) is 42.5 Å². The monoisotopic (exact) mass is 291 g/mol. The summed E-state index contributed by atoms with van der Waals surface area (Å²) in [4.78, 5) is 13.3. The Hall–Kier alpha value is -1.58. The summed E-state index contributed by atoms with van der Waals surface area (Å²) in [7, 11) is 0. The first-order valence-electron chi connectivity index (χ1n) is 6.69. The fraction of sp³-hybridized carbons (Fsp3) is 0.312. The molecule has 0 spiro atoms. The van der Waals surface area contributed by atoms with Gasteiger partial charge in [-0.3, -0.25) is 9.69 Å². The average molecular weight is 292 g/mol. The second kappa shape index (κ2) is 6.25. The van der Waals surface area contributed by atoms with Crippen LogP contribution >= 0.6 is 12.4 Å². The van der Waals surface area contributed by atoms with Gasteiger partial charge in [0.1, 0.15) is 6.04 Å². The lowest BCUT2D eigenvalue weighted by molar-refractivity contribution is -0.142. The lowest BCUT2D eigenvalue weighted by Crippen LogP contribution is -2.35. The predicted octanol–water partition coefficient (Wildman–Crippen LogP) is 3.31. The van der Waals surface area contributed by atoms with Gasteiger partial charge in [-0.15, -0.1) is 12.4 Å². The highest BCUT2D eigenvalue weighted by atomic mass is 35.5. The Balaban J connectivity index is 0.00000147. The SMILES string of the molecule is Cl.O=C(O)C1CCCN1Cc1cccc2ccccc12. The lowest BCUT2D eigenvalue weighted by Gasteiger charge is -2.21. The number of fused-ring (bicyclic) bond motifs is 1. The third-order valence-electron chi connectivity index (χ3n) is 3.90. The van der Waals surface area contributed by atoms with Gasteiger partial charge in [-0.1, -0.05) is 42.5 Å². The molecule has 1 N–H and O–H groups in total. The van der Waals surface area contributed by atoms with E-state index in [-0.39, 0.29) is 18.4 Å². The molecule has 4 heteroatoms. The Labute approximate surface area is 124 Å². The van der Waals surface area contributed by atoms with E-state index in [2.05, 4.69) is 29.2 Å². The number of carboxylic acid groups (broad SMARTS) is 1. The Morgan fingerprint density at radius 1 is 1.20 bits per heavy atom. The number of aliphatic carboxylic acids is 1. The molecule has 20 heavy (non-hydrogen) atoms. The van der Waals surface area contributed by atoms with Gasteiger partial charge in [0.05, 0.1) is 0 Å². The number of nitrogens with zero attached hydrogens (tertiary/aromatic N) is 1. The van der Waals surface area contributed by atoms with Crippen LogP contribution < -0.4 is 0 Å². The van der Waals surface area contributed by atoms with Gasteiger partial charge in [0, 0.05) is 6.54 Å². The van der Waals surface area contributed by atoms with Crippen molar-refractivity contribution < 1.29 is 9.90 Å². The first kappa shape index (κ1) is 14.8. The van der Waals surface area contributed by atoms with E-state index in [9.17, 15) is 9.90 Å². The minimum Gasteiger partial charge on any atom is -0.480 e. The number of halogens is 1. The molecule has 3 nitrogen and oxygen atoms in total. The van der Waals surface area contributed by atoms with Crippen LogP contribution in [0.1, 0.15) is 18.4 Å². The van der Waals surface area contributed by atoms with Gasteiger partial charge in [-0.2, -0.15) is 0 Å². The predicted molar refractivity (Wildman–Crippen MR) is 82.3 cm³/mol. The second-order valence-electron chi connectivity index (χ2n) is 5.11. The highest BCUT2D eigenvalue weighted by Crippen LogP contribution is 2.24. The van der Waals surface area contributed by atoms with Crippen LogP contribution in [0.2, 0.25) is 0 Å². The molecule has 1 aliphatic heterocycles. The normalized spacial score (nSPS) is 18.9. The highest BCUT2D eigenvalue weighted by molar-refractivity contribution is 5.86. The van der Waals surface area contributed by atoms with Crippen LogP contribution in [0.5, 0.6) is 0 Å². The fourth-order valence-electron chi connectivity index (χ4n) is 2.94.